The van der Waals surface area contributed by atoms with Crippen LogP contribution >= 0.6 is 11.3 Å². The number of para-hydroxylation sites is 1. The van der Waals surface area contributed by atoms with Crippen molar-refractivity contribution in [1.29, 1.82) is 0 Å². The molecule has 2 nitrogen and oxygen atoms in total. The molecule has 4 rings (SSSR count). The summed E-state index contributed by atoms with van der Waals surface area (Å²) in [5.41, 5.74) is 3.04. The first-order valence-corrected chi connectivity index (χ1v) is 9.55. The summed E-state index contributed by atoms with van der Waals surface area (Å²) < 4.78 is 1.14. The van der Waals surface area contributed by atoms with Crippen LogP contribution in [0, 0.1) is 0 Å². The third-order valence-electron chi connectivity index (χ3n) is 4.48. The number of rotatable bonds is 4. The van der Waals surface area contributed by atoms with Gasteiger partial charge in [-0.15, -0.1) is 11.3 Å². The average Bonchev–Trinajstić information content (AvgIpc) is 3.09. The number of benzene rings is 3. The normalized spacial score (nSPS) is 10.8. The highest BCUT2D eigenvalue weighted by molar-refractivity contribution is 7.21. The fourth-order valence-corrected chi connectivity index (χ4v) is 4.44. The summed E-state index contributed by atoms with van der Waals surface area (Å²) in [5.74, 6) is 0.0544. The van der Waals surface area contributed by atoms with Gasteiger partial charge in [-0.1, -0.05) is 66.7 Å². The van der Waals surface area contributed by atoms with E-state index >= 15 is 0 Å². The van der Waals surface area contributed by atoms with Crippen molar-refractivity contribution in [3.8, 4) is 11.1 Å². The Bertz CT molecular complexity index is 1040. The first-order chi connectivity index (χ1) is 12.8. The molecule has 3 aromatic carbocycles. The minimum Gasteiger partial charge on any atom is -0.308 e. The zero-order valence-corrected chi connectivity index (χ0v) is 15.4. The second kappa shape index (κ2) is 7.14. The highest BCUT2D eigenvalue weighted by atomic mass is 32.1. The van der Waals surface area contributed by atoms with E-state index in [0.29, 0.717) is 6.54 Å². The molecule has 1 aromatic heterocycles. The summed E-state index contributed by atoms with van der Waals surface area (Å²) in [6, 6.07) is 28.3. The van der Waals surface area contributed by atoms with Crippen molar-refractivity contribution in [3.63, 3.8) is 0 Å². The molecule has 0 unspecified atom stereocenters. The van der Waals surface area contributed by atoms with Crippen molar-refractivity contribution in [2.45, 2.75) is 6.92 Å². The van der Waals surface area contributed by atoms with E-state index in [9.17, 15) is 4.79 Å². The van der Waals surface area contributed by atoms with Crippen LogP contribution in [0.1, 0.15) is 16.6 Å². The van der Waals surface area contributed by atoms with Crippen LogP contribution in [0.25, 0.3) is 21.2 Å². The van der Waals surface area contributed by atoms with Gasteiger partial charge in [0.05, 0.1) is 0 Å². The van der Waals surface area contributed by atoms with E-state index in [2.05, 4.69) is 24.3 Å². The standard InChI is InChI=1S/C23H19NOS/c1-2-24(18-13-7-4-8-14-18)23(25)22-21(17-11-5-3-6-12-17)19-15-9-10-16-20(19)26-22/h3-16H,2H2,1H3. The Labute approximate surface area is 157 Å². The van der Waals surface area contributed by atoms with Gasteiger partial charge in [0, 0.05) is 27.9 Å². The Hall–Kier alpha value is -2.91. The third kappa shape index (κ3) is 2.91. The molecule has 0 spiro atoms. The van der Waals surface area contributed by atoms with Gasteiger partial charge in [0.2, 0.25) is 0 Å². The van der Waals surface area contributed by atoms with Gasteiger partial charge in [-0.3, -0.25) is 4.79 Å². The number of carbonyl (C=O) groups excluding carboxylic acids is 1. The molecule has 0 N–H and O–H groups in total. The summed E-state index contributed by atoms with van der Waals surface area (Å²) in [7, 11) is 0. The third-order valence-corrected chi connectivity index (χ3v) is 5.64. The highest BCUT2D eigenvalue weighted by Gasteiger charge is 2.24. The number of amides is 1. The number of fused-ring (bicyclic) bond motifs is 1. The van der Waals surface area contributed by atoms with E-state index in [1.165, 1.54) is 0 Å². The number of hydrogen-bond donors (Lipinski definition) is 0. The van der Waals surface area contributed by atoms with Gasteiger partial charge >= 0.3 is 0 Å². The fraction of sp³-hybridized carbons (Fsp3) is 0.0870. The quantitative estimate of drug-likeness (QED) is 0.424. The van der Waals surface area contributed by atoms with Crippen molar-refractivity contribution >= 4 is 33.0 Å². The van der Waals surface area contributed by atoms with Crippen LogP contribution in [0.3, 0.4) is 0 Å². The van der Waals surface area contributed by atoms with E-state index < -0.39 is 0 Å². The van der Waals surface area contributed by atoms with Gasteiger partial charge in [0.15, 0.2) is 0 Å². The number of anilines is 1. The van der Waals surface area contributed by atoms with Crippen molar-refractivity contribution in [1.82, 2.24) is 0 Å². The van der Waals surface area contributed by atoms with Gasteiger partial charge in [-0.05, 0) is 30.7 Å². The largest absolute Gasteiger partial charge is 0.308 e. The molecule has 1 amide bonds. The second-order valence-electron chi connectivity index (χ2n) is 6.05. The van der Waals surface area contributed by atoms with Crippen LogP contribution < -0.4 is 4.90 Å². The van der Waals surface area contributed by atoms with Gasteiger partial charge in [-0.2, -0.15) is 0 Å². The Morgan fingerprint density at radius 2 is 1.46 bits per heavy atom. The Balaban J connectivity index is 1.90. The summed E-state index contributed by atoms with van der Waals surface area (Å²) in [6.45, 7) is 2.64. The summed E-state index contributed by atoms with van der Waals surface area (Å²) in [6.07, 6.45) is 0. The second-order valence-corrected chi connectivity index (χ2v) is 7.11. The molecule has 3 heteroatoms. The lowest BCUT2D eigenvalue weighted by Crippen LogP contribution is -2.30. The molecule has 0 aliphatic rings. The van der Waals surface area contributed by atoms with Crippen molar-refractivity contribution < 1.29 is 4.79 Å². The SMILES string of the molecule is CCN(C(=O)c1sc2ccccc2c1-c1ccccc1)c1ccccc1. The number of nitrogens with zero attached hydrogens (tertiary/aromatic N) is 1. The molecule has 4 aromatic rings. The summed E-state index contributed by atoms with van der Waals surface area (Å²) >= 11 is 1.57. The Morgan fingerprint density at radius 3 is 2.15 bits per heavy atom. The molecule has 26 heavy (non-hydrogen) atoms. The molecule has 0 radical (unpaired) electrons. The summed E-state index contributed by atoms with van der Waals surface area (Å²) in [5, 5.41) is 1.14. The minimum absolute atomic E-state index is 0.0544. The molecule has 0 aliphatic carbocycles. The zero-order chi connectivity index (χ0) is 17.9. The maximum absolute atomic E-state index is 13.5. The Morgan fingerprint density at radius 1 is 0.846 bits per heavy atom. The predicted molar refractivity (Wildman–Crippen MR) is 111 cm³/mol. The van der Waals surface area contributed by atoms with Crippen molar-refractivity contribution in [3.05, 3.63) is 89.8 Å². The van der Waals surface area contributed by atoms with Gasteiger partial charge in [0.25, 0.3) is 5.91 Å². The van der Waals surface area contributed by atoms with Crippen LogP contribution in [0.2, 0.25) is 0 Å². The number of carbonyl (C=O) groups is 1. The molecule has 0 bridgehead atoms. The number of hydrogen-bond acceptors (Lipinski definition) is 2. The van der Waals surface area contributed by atoms with Crippen LogP contribution in [0.5, 0.6) is 0 Å². The van der Waals surface area contributed by atoms with E-state index in [0.717, 1.165) is 31.8 Å². The predicted octanol–water partition coefficient (Wildman–Crippen LogP) is 6.24. The first-order valence-electron chi connectivity index (χ1n) is 8.73. The number of thiophene rings is 1. The Kier molecular flexibility index (Phi) is 4.55. The molecular formula is C23H19NOS. The highest BCUT2D eigenvalue weighted by Crippen LogP contribution is 2.39. The van der Waals surface area contributed by atoms with Gasteiger partial charge in [0.1, 0.15) is 4.88 Å². The zero-order valence-electron chi connectivity index (χ0n) is 14.6. The lowest BCUT2D eigenvalue weighted by Gasteiger charge is -2.21. The van der Waals surface area contributed by atoms with E-state index in [1.807, 2.05) is 72.5 Å². The molecule has 1 heterocycles. The van der Waals surface area contributed by atoms with Crippen molar-refractivity contribution in [2.24, 2.45) is 0 Å². The molecule has 0 atom stereocenters. The van der Waals surface area contributed by atoms with E-state index in [1.54, 1.807) is 11.3 Å². The van der Waals surface area contributed by atoms with Crippen LogP contribution in [-0.2, 0) is 0 Å². The smallest absolute Gasteiger partial charge is 0.269 e. The van der Waals surface area contributed by atoms with E-state index in [4.69, 9.17) is 0 Å². The summed E-state index contributed by atoms with van der Waals surface area (Å²) in [4.78, 5) is 16.1. The minimum atomic E-state index is 0.0544. The molecule has 0 fully saturated rings. The molecular weight excluding hydrogens is 338 g/mol. The van der Waals surface area contributed by atoms with Gasteiger partial charge < -0.3 is 4.90 Å². The molecule has 0 saturated carbocycles. The molecule has 128 valence electrons. The lowest BCUT2D eigenvalue weighted by atomic mass is 10.0. The van der Waals surface area contributed by atoms with Crippen LogP contribution in [-0.4, -0.2) is 12.5 Å². The topological polar surface area (TPSA) is 20.3 Å². The van der Waals surface area contributed by atoms with Crippen molar-refractivity contribution in [2.75, 3.05) is 11.4 Å². The molecule has 0 saturated heterocycles. The average molecular weight is 357 g/mol. The molecule has 0 aliphatic heterocycles. The monoisotopic (exact) mass is 357 g/mol. The van der Waals surface area contributed by atoms with Gasteiger partial charge in [-0.25, -0.2) is 0 Å². The first kappa shape index (κ1) is 16.6. The fourth-order valence-electron chi connectivity index (χ4n) is 3.26. The lowest BCUT2D eigenvalue weighted by molar-refractivity contribution is 0.0993. The maximum Gasteiger partial charge on any atom is 0.269 e. The van der Waals surface area contributed by atoms with E-state index in [-0.39, 0.29) is 5.91 Å². The maximum atomic E-state index is 13.5. The van der Waals surface area contributed by atoms with Crippen LogP contribution in [0.15, 0.2) is 84.9 Å². The van der Waals surface area contributed by atoms with Crippen LogP contribution in [0.4, 0.5) is 5.69 Å².